The number of fused-ring (bicyclic) bond motifs is 1. The highest BCUT2D eigenvalue weighted by molar-refractivity contribution is 6.74. The Hall–Kier alpha value is -0.106. The maximum absolute atomic E-state index is 6.75. The largest absolute Gasteiger partial charge is 0.414 e. The van der Waals surface area contributed by atoms with Crippen LogP contribution >= 0.6 is 0 Å². The molecule has 0 unspecified atom stereocenters. The highest BCUT2D eigenvalue weighted by Gasteiger charge is 2.72. The molecule has 9 heteroatoms. The highest BCUT2D eigenvalue weighted by Crippen LogP contribution is 2.53. The van der Waals surface area contributed by atoms with Gasteiger partial charge >= 0.3 is 0 Å². The van der Waals surface area contributed by atoms with Gasteiger partial charge in [0.05, 0.1) is 19.8 Å². The van der Waals surface area contributed by atoms with E-state index >= 15 is 0 Å². The minimum Gasteiger partial charge on any atom is -0.414 e. The standard InChI is InChI=1S/C26H52O7Si2/c1-15-20-26(18-30-35(13,14)23(5,6)7)21(32-24(8,9)33-26)25(31-20,16-28-19-27-10)17-29-34(11,12)22(2,3)4/h15,20-21H,1,16-19H2,2-14H3/t20-,21-,25+,26+/m1/s1. The molecular weight excluding hydrogens is 480 g/mol. The summed E-state index contributed by atoms with van der Waals surface area (Å²) < 4.78 is 44.6. The number of hydrogen-bond acceptors (Lipinski definition) is 7. The first-order valence-electron chi connectivity index (χ1n) is 12.7. The average Bonchev–Trinajstić information content (AvgIpc) is 3.11. The Morgan fingerprint density at radius 1 is 0.857 bits per heavy atom. The molecule has 4 atom stereocenters. The second kappa shape index (κ2) is 10.2. The SMILES string of the molecule is C=C[C@H]1O[C@@](COCOC)(CO[Si](C)(C)C(C)(C)C)[C@H]2OC(C)(C)O[C@]21CO[Si](C)(C)C(C)(C)C. The first-order valence-corrected chi connectivity index (χ1v) is 18.5. The molecule has 0 aromatic rings. The first-order chi connectivity index (χ1) is 15.7. The van der Waals surface area contributed by atoms with Crippen LogP contribution in [0.25, 0.3) is 0 Å². The molecule has 206 valence electrons. The molecule has 2 rings (SSSR count). The third-order valence-electron chi connectivity index (χ3n) is 8.31. The second-order valence-corrected chi connectivity index (χ2v) is 23.3. The van der Waals surface area contributed by atoms with E-state index in [2.05, 4.69) is 74.3 Å². The van der Waals surface area contributed by atoms with E-state index < -0.39 is 45.8 Å². The topological polar surface area (TPSA) is 64.6 Å². The molecule has 0 saturated carbocycles. The molecular formula is C26H52O7Si2. The van der Waals surface area contributed by atoms with Crippen LogP contribution in [0.1, 0.15) is 55.4 Å². The molecule has 0 bridgehead atoms. The zero-order valence-electron chi connectivity index (χ0n) is 24.6. The van der Waals surface area contributed by atoms with Crippen molar-refractivity contribution in [3.8, 4) is 0 Å². The minimum atomic E-state index is -2.09. The van der Waals surface area contributed by atoms with Crippen LogP contribution in [0, 0.1) is 0 Å². The van der Waals surface area contributed by atoms with Crippen molar-refractivity contribution in [3.63, 3.8) is 0 Å². The fourth-order valence-corrected chi connectivity index (χ4v) is 6.17. The summed E-state index contributed by atoms with van der Waals surface area (Å²) in [6.07, 6.45) is 0.879. The zero-order chi connectivity index (χ0) is 27.1. The van der Waals surface area contributed by atoms with Crippen molar-refractivity contribution in [2.75, 3.05) is 33.7 Å². The van der Waals surface area contributed by atoms with Crippen LogP contribution in [0.15, 0.2) is 12.7 Å². The molecule has 2 aliphatic rings. The van der Waals surface area contributed by atoms with Crippen LogP contribution in [-0.2, 0) is 32.5 Å². The molecule has 35 heavy (non-hydrogen) atoms. The normalized spacial score (nSPS) is 31.6. The van der Waals surface area contributed by atoms with Gasteiger partial charge in [-0.05, 0) is 50.1 Å². The summed E-state index contributed by atoms with van der Waals surface area (Å²) in [5, 5.41) is 0.105. The van der Waals surface area contributed by atoms with Gasteiger partial charge in [-0.1, -0.05) is 47.6 Å². The Kier molecular flexibility index (Phi) is 9.09. The second-order valence-electron chi connectivity index (χ2n) is 13.6. The molecule has 0 aromatic heterocycles. The van der Waals surface area contributed by atoms with Gasteiger partial charge in [-0.25, -0.2) is 0 Å². The minimum absolute atomic E-state index is 0.0485. The molecule has 2 aliphatic heterocycles. The van der Waals surface area contributed by atoms with Crippen molar-refractivity contribution in [2.45, 2.75) is 121 Å². The third kappa shape index (κ3) is 6.31. The van der Waals surface area contributed by atoms with Crippen molar-refractivity contribution in [1.82, 2.24) is 0 Å². The first kappa shape index (κ1) is 31.1. The Labute approximate surface area is 216 Å². The predicted molar refractivity (Wildman–Crippen MR) is 145 cm³/mol. The van der Waals surface area contributed by atoms with Gasteiger partial charge in [-0.3, -0.25) is 0 Å². The van der Waals surface area contributed by atoms with Crippen LogP contribution < -0.4 is 0 Å². The van der Waals surface area contributed by atoms with Crippen molar-refractivity contribution < 1.29 is 32.5 Å². The average molecular weight is 533 g/mol. The number of hydrogen-bond donors (Lipinski definition) is 0. The lowest BCUT2D eigenvalue weighted by molar-refractivity contribution is -0.234. The van der Waals surface area contributed by atoms with Gasteiger partial charge in [0.25, 0.3) is 0 Å². The number of rotatable bonds is 11. The van der Waals surface area contributed by atoms with Gasteiger partial charge in [0.15, 0.2) is 28.0 Å². The molecule has 7 nitrogen and oxygen atoms in total. The van der Waals surface area contributed by atoms with Crippen LogP contribution in [0.4, 0.5) is 0 Å². The lowest BCUT2D eigenvalue weighted by Gasteiger charge is -2.42. The van der Waals surface area contributed by atoms with Gasteiger partial charge in [0.2, 0.25) is 0 Å². The van der Waals surface area contributed by atoms with E-state index in [1.54, 1.807) is 13.2 Å². The summed E-state index contributed by atoms with van der Waals surface area (Å²) in [6, 6.07) is 0. The van der Waals surface area contributed by atoms with Crippen molar-refractivity contribution in [2.24, 2.45) is 0 Å². The van der Waals surface area contributed by atoms with Gasteiger partial charge in [-0.2, -0.15) is 0 Å². The Bertz CT molecular complexity index is 741. The van der Waals surface area contributed by atoms with E-state index in [1.165, 1.54) is 0 Å². The molecule has 0 spiro atoms. The number of methoxy groups -OCH3 is 1. The van der Waals surface area contributed by atoms with Gasteiger partial charge in [-0.15, -0.1) is 6.58 Å². The molecule has 0 aliphatic carbocycles. The molecule has 0 amide bonds. The number of ether oxygens (including phenoxy) is 5. The zero-order valence-corrected chi connectivity index (χ0v) is 26.6. The summed E-state index contributed by atoms with van der Waals surface area (Å²) in [5.74, 6) is -0.823. The van der Waals surface area contributed by atoms with Crippen molar-refractivity contribution in [3.05, 3.63) is 12.7 Å². The van der Waals surface area contributed by atoms with E-state index in [9.17, 15) is 0 Å². The quantitative estimate of drug-likeness (QED) is 0.143. The van der Waals surface area contributed by atoms with E-state index in [4.69, 9.17) is 32.5 Å². The lowest BCUT2D eigenvalue weighted by Crippen LogP contribution is -2.59. The summed E-state index contributed by atoms with van der Waals surface area (Å²) in [4.78, 5) is 0. The summed E-state index contributed by atoms with van der Waals surface area (Å²) in [6.45, 7) is 31.4. The van der Waals surface area contributed by atoms with E-state index in [0.717, 1.165) is 0 Å². The van der Waals surface area contributed by atoms with Gasteiger partial charge < -0.3 is 32.5 Å². The smallest absolute Gasteiger partial charge is 0.192 e. The van der Waals surface area contributed by atoms with E-state index in [0.29, 0.717) is 13.2 Å². The third-order valence-corrected chi connectivity index (χ3v) is 17.3. The monoisotopic (exact) mass is 532 g/mol. The van der Waals surface area contributed by atoms with Crippen LogP contribution in [0.5, 0.6) is 0 Å². The van der Waals surface area contributed by atoms with Crippen LogP contribution in [-0.4, -0.2) is 79.6 Å². The molecule has 0 radical (unpaired) electrons. The van der Waals surface area contributed by atoms with Crippen LogP contribution in [0.2, 0.25) is 36.3 Å². The molecule has 0 aromatic carbocycles. The lowest BCUT2D eigenvalue weighted by atomic mass is 9.85. The molecule has 0 N–H and O–H groups in total. The summed E-state index contributed by atoms with van der Waals surface area (Å²) in [5.41, 5.74) is -1.77. The Morgan fingerprint density at radius 2 is 1.37 bits per heavy atom. The van der Waals surface area contributed by atoms with Crippen molar-refractivity contribution in [1.29, 1.82) is 0 Å². The molecule has 2 fully saturated rings. The van der Waals surface area contributed by atoms with Gasteiger partial charge in [0.1, 0.15) is 24.6 Å². The maximum atomic E-state index is 6.75. The molecule has 2 saturated heterocycles. The highest BCUT2D eigenvalue weighted by atomic mass is 28.4. The fourth-order valence-electron chi connectivity index (χ4n) is 4.12. The van der Waals surface area contributed by atoms with Crippen LogP contribution in [0.3, 0.4) is 0 Å². The summed E-state index contributed by atoms with van der Waals surface area (Å²) >= 11 is 0. The fraction of sp³-hybridized carbons (Fsp3) is 0.923. The maximum Gasteiger partial charge on any atom is 0.192 e. The van der Waals surface area contributed by atoms with E-state index in [1.807, 2.05) is 13.8 Å². The Morgan fingerprint density at radius 3 is 1.83 bits per heavy atom. The Balaban J connectivity index is 2.50. The molecule has 2 heterocycles. The summed E-state index contributed by atoms with van der Waals surface area (Å²) in [7, 11) is -2.56. The predicted octanol–water partition coefficient (Wildman–Crippen LogP) is 5.86. The van der Waals surface area contributed by atoms with E-state index in [-0.39, 0.29) is 23.5 Å². The van der Waals surface area contributed by atoms with Crippen molar-refractivity contribution >= 4 is 16.6 Å². The van der Waals surface area contributed by atoms with Gasteiger partial charge in [0, 0.05) is 7.11 Å².